The van der Waals surface area contributed by atoms with Crippen LogP contribution in [-0.4, -0.2) is 7.11 Å². The van der Waals surface area contributed by atoms with E-state index in [2.05, 4.69) is 19.1 Å². The molecule has 0 amide bonds. The van der Waals surface area contributed by atoms with E-state index >= 15 is 0 Å². The molecule has 1 aliphatic carbocycles. The molecule has 1 aliphatic rings. The third-order valence-electron chi connectivity index (χ3n) is 3.44. The standard InChI is InChI=1S/C13H19NO/c1-10-6-7-13(14,9-10)11-4-3-5-12(8-11)15-2/h3-5,8,10H,6-7,9,14H2,1-2H3. The predicted octanol–water partition coefficient (Wildman–Crippen LogP) is 2.67. The summed E-state index contributed by atoms with van der Waals surface area (Å²) in [5.41, 5.74) is 7.52. The van der Waals surface area contributed by atoms with Crippen molar-refractivity contribution in [1.82, 2.24) is 0 Å². The first-order valence-electron chi connectivity index (χ1n) is 5.57. The Morgan fingerprint density at radius 3 is 2.87 bits per heavy atom. The molecule has 2 N–H and O–H groups in total. The topological polar surface area (TPSA) is 35.2 Å². The molecule has 2 nitrogen and oxygen atoms in total. The zero-order chi connectivity index (χ0) is 10.9. The molecule has 1 aromatic rings. The SMILES string of the molecule is COc1cccc(C2(N)CCC(C)C2)c1. The highest BCUT2D eigenvalue weighted by Crippen LogP contribution is 2.40. The van der Waals surface area contributed by atoms with Gasteiger partial charge in [0, 0.05) is 5.54 Å². The summed E-state index contributed by atoms with van der Waals surface area (Å²) in [6.07, 6.45) is 3.40. The highest BCUT2D eigenvalue weighted by Gasteiger charge is 2.35. The zero-order valence-electron chi connectivity index (χ0n) is 9.49. The summed E-state index contributed by atoms with van der Waals surface area (Å²) in [6, 6.07) is 8.16. The molecule has 0 aliphatic heterocycles. The molecule has 0 saturated heterocycles. The van der Waals surface area contributed by atoms with Crippen molar-refractivity contribution >= 4 is 0 Å². The quantitative estimate of drug-likeness (QED) is 0.805. The lowest BCUT2D eigenvalue weighted by Crippen LogP contribution is -2.33. The minimum Gasteiger partial charge on any atom is -0.497 e. The molecule has 2 heteroatoms. The van der Waals surface area contributed by atoms with Crippen LogP contribution in [0.5, 0.6) is 5.75 Å². The smallest absolute Gasteiger partial charge is 0.119 e. The Morgan fingerprint density at radius 1 is 1.47 bits per heavy atom. The maximum atomic E-state index is 6.44. The molecular formula is C13H19NO. The summed E-state index contributed by atoms with van der Waals surface area (Å²) in [5.74, 6) is 1.64. The van der Waals surface area contributed by atoms with Gasteiger partial charge in [0.15, 0.2) is 0 Å². The van der Waals surface area contributed by atoms with Crippen molar-refractivity contribution in [2.75, 3.05) is 7.11 Å². The number of nitrogens with two attached hydrogens (primary N) is 1. The van der Waals surface area contributed by atoms with E-state index in [9.17, 15) is 0 Å². The monoisotopic (exact) mass is 205 g/mol. The van der Waals surface area contributed by atoms with E-state index in [1.165, 1.54) is 12.0 Å². The van der Waals surface area contributed by atoms with Crippen molar-refractivity contribution in [2.24, 2.45) is 11.7 Å². The van der Waals surface area contributed by atoms with Crippen molar-refractivity contribution in [3.8, 4) is 5.75 Å². The molecule has 0 spiro atoms. The van der Waals surface area contributed by atoms with Crippen LogP contribution in [0.2, 0.25) is 0 Å². The van der Waals surface area contributed by atoms with Crippen LogP contribution in [0, 0.1) is 5.92 Å². The first-order valence-corrected chi connectivity index (χ1v) is 5.57. The first-order chi connectivity index (χ1) is 7.14. The van der Waals surface area contributed by atoms with Crippen LogP contribution >= 0.6 is 0 Å². The fraction of sp³-hybridized carbons (Fsp3) is 0.538. The number of ether oxygens (including phenoxy) is 1. The Morgan fingerprint density at radius 2 is 2.27 bits per heavy atom. The molecule has 1 fully saturated rings. The number of hydrogen-bond acceptors (Lipinski definition) is 2. The fourth-order valence-electron chi connectivity index (χ4n) is 2.52. The molecule has 0 heterocycles. The van der Waals surface area contributed by atoms with E-state index in [4.69, 9.17) is 10.5 Å². The molecule has 1 aromatic carbocycles. The van der Waals surface area contributed by atoms with E-state index in [0.29, 0.717) is 0 Å². The second-order valence-corrected chi connectivity index (χ2v) is 4.74. The average Bonchev–Trinajstić information content (AvgIpc) is 2.60. The molecule has 1 saturated carbocycles. The molecule has 82 valence electrons. The lowest BCUT2D eigenvalue weighted by atomic mass is 9.88. The molecule has 2 rings (SSSR count). The average molecular weight is 205 g/mol. The van der Waals surface area contributed by atoms with Crippen LogP contribution in [0.15, 0.2) is 24.3 Å². The van der Waals surface area contributed by atoms with Crippen LogP contribution in [0.25, 0.3) is 0 Å². The molecular weight excluding hydrogens is 186 g/mol. The normalized spacial score (nSPS) is 30.5. The third kappa shape index (κ3) is 2.00. The molecule has 2 unspecified atom stereocenters. The third-order valence-corrected chi connectivity index (χ3v) is 3.44. The van der Waals surface area contributed by atoms with Gasteiger partial charge in [-0.15, -0.1) is 0 Å². The lowest BCUT2D eigenvalue weighted by molar-refractivity contribution is 0.406. The van der Waals surface area contributed by atoms with Gasteiger partial charge in [0.25, 0.3) is 0 Å². The summed E-state index contributed by atoms with van der Waals surface area (Å²) in [4.78, 5) is 0. The van der Waals surface area contributed by atoms with E-state index < -0.39 is 0 Å². The summed E-state index contributed by atoms with van der Waals surface area (Å²) < 4.78 is 5.23. The van der Waals surface area contributed by atoms with Gasteiger partial charge in [0.1, 0.15) is 5.75 Å². The van der Waals surface area contributed by atoms with Crippen LogP contribution < -0.4 is 10.5 Å². The summed E-state index contributed by atoms with van der Waals surface area (Å²) >= 11 is 0. The zero-order valence-corrected chi connectivity index (χ0v) is 9.49. The predicted molar refractivity (Wildman–Crippen MR) is 61.9 cm³/mol. The lowest BCUT2D eigenvalue weighted by Gasteiger charge is -2.25. The number of hydrogen-bond donors (Lipinski definition) is 1. The Bertz CT molecular complexity index is 350. The Labute approximate surface area is 91.4 Å². The van der Waals surface area contributed by atoms with Crippen LogP contribution in [0.4, 0.5) is 0 Å². The molecule has 0 bridgehead atoms. The van der Waals surface area contributed by atoms with Gasteiger partial charge in [-0.05, 0) is 42.9 Å². The van der Waals surface area contributed by atoms with Crippen molar-refractivity contribution in [3.05, 3.63) is 29.8 Å². The van der Waals surface area contributed by atoms with E-state index in [1.807, 2.05) is 12.1 Å². The molecule has 15 heavy (non-hydrogen) atoms. The molecule has 0 radical (unpaired) electrons. The maximum absolute atomic E-state index is 6.44. The van der Waals surface area contributed by atoms with E-state index in [0.717, 1.165) is 24.5 Å². The highest BCUT2D eigenvalue weighted by molar-refractivity contribution is 5.33. The van der Waals surface area contributed by atoms with Crippen molar-refractivity contribution in [2.45, 2.75) is 31.7 Å². The highest BCUT2D eigenvalue weighted by atomic mass is 16.5. The summed E-state index contributed by atoms with van der Waals surface area (Å²) in [5, 5.41) is 0. The van der Waals surface area contributed by atoms with Crippen molar-refractivity contribution in [1.29, 1.82) is 0 Å². The first kappa shape index (κ1) is 10.5. The van der Waals surface area contributed by atoms with Gasteiger partial charge in [-0.2, -0.15) is 0 Å². The second kappa shape index (κ2) is 3.86. The summed E-state index contributed by atoms with van der Waals surface area (Å²) in [7, 11) is 1.69. The van der Waals surface area contributed by atoms with Crippen LogP contribution in [-0.2, 0) is 5.54 Å². The molecule has 2 atom stereocenters. The minimum atomic E-state index is -0.131. The van der Waals surface area contributed by atoms with Gasteiger partial charge < -0.3 is 10.5 Å². The van der Waals surface area contributed by atoms with Gasteiger partial charge in [0.2, 0.25) is 0 Å². The Balaban J connectivity index is 2.28. The largest absolute Gasteiger partial charge is 0.497 e. The summed E-state index contributed by atoms with van der Waals surface area (Å²) in [6.45, 7) is 2.27. The van der Waals surface area contributed by atoms with Gasteiger partial charge in [-0.25, -0.2) is 0 Å². The second-order valence-electron chi connectivity index (χ2n) is 4.74. The fourth-order valence-corrected chi connectivity index (χ4v) is 2.52. The Hall–Kier alpha value is -1.02. The maximum Gasteiger partial charge on any atom is 0.119 e. The number of benzene rings is 1. The van der Waals surface area contributed by atoms with Gasteiger partial charge >= 0.3 is 0 Å². The van der Waals surface area contributed by atoms with Crippen LogP contribution in [0.3, 0.4) is 0 Å². The van der Waals surface area contributed by atoms with E-state index in [-0.39, 0.29) is 5.54 Å². The minimum absolute atomic E-state index is 0.131. The number of rotatable bonds is 2. The molecule has 0 aromatic heterocycles. The number of methoxy groups -OCH3 is 1. The van der Waals surface area contributed by atoms with Crippen molar-refractivity contribution < 1.29 is 4.74 Å². The van der Waals surface area contributed by atoms with E-state index in [1.54, 1.807) is 7.11 Å². The van der Waals surface area contributed by atoms with Gasteiger partial charge in [0.05, 0.1) is 7.11 Å². The Kier molecular flexibility index (Phi) is 2.70. The van der Waals surface area contributed by atoms with Gasteiger partial charge in [-0.3, -0.25) is 0 Å². The van der Waals surface area contributed by atoms with Crippen LogP contribution in [0.1, 0.15) is 31.7 Å². The van der Waals surface area contributed by atoms with Crippen molar-refractivity contribution in [3.63, 3.8) is 0 Å². The van der Waals surface area contributed by atoms with Gasteiger partial charge in [-0.1, -0.05) is 19.1 Å².